The Hall–Kier alpha value is 0.270. The van der Waals surface area contributed by atoms with E-state index >= 15 is 0 Å². The van der Waals surface area contributed by atoms with E-state index in [1.165, 1.54) is 25.7 Å². The van der Waals surface area contributed by atoms with Gasteiger partial charge in [-0.1, -0.05) is 33.6 Å². The summed E-state index contributed by atoms with van der Waals surface area (Å²) in [5.74, 6) is 0.991. The fourth-order valence-electron chi connectivity index (χ4n) is 2.91. The Kier molecular flexibility index (Phi) is 10.3. The molecule has 0 aromatic heterocycles. The van der Waals surface area contributed by atoms with Gasteiger partial charge in [-0.2, -0.15) is 12.6 Å². The van der Waals surface area contributed by atoms with Crippen molar-refractivity contribution in [3.63, 3.8) is 0 Å². The quantitative estimate of drug-likeness (QED) is 0.575. The molecule has 1 atom stereocenters. The van der Waals surface area contributed by atoms with Gasteiger partial charge in [0.15, 0.2) is 0 Å². The lowest BCUT2D eigenvalue weighted by Crippen LogP contribution is -2.45. The topological polar surface area (TPSA) is 12.5 Å². The van der Waals surface area contributed by atoms with Gasteiger partial charge >= 0.3 is 0 Å². The number of nitrogens with zero attached hydrogens (tertiary/aromatic N) is 1. The molecule has 0 fully saturated rings. The van der Waals surface area contributed by atoms with Gasteiger partial charge in [0.05, 0.1) is 6.61 Å². The Bertz CT molecular complexity index is 193. The van der Waals surface area contributed by atoms with Crippen LogP contribution in [0.1, 0.15) is 53.4 Å². The van der Waals surface area contributed by atoms with Crippen LogP contribution in [0.4, 0.5) is 0 Å². The number of thiol groups is 1. The molecule has 0 radical (unpaired) electrons. The maximum absolute atomic E-state index is 5.29. The molecule has 3 heteroatoms. The second kappa shape index (κ2) is 10.1. The molecule has 0 heterocycles. The summed E-state index contributed by atoms with van der Waals surface area (Å²) in [5.41, 5.74) is 0.380. The first-order chi connectivity index (χ1) is 8.59. The zero-order valence-corrected chi connectivity index (χ0v) is 13.9. The molecule has 0 saturated heterocycles. The SMILES string of the molecule is CCCC(CS)(CCC)CN(CC)C(C)COC. The summed E-state index contributed by atoms with van der Waals surface area (Å²) in [5, 5.41) is 0. The van der Waals surface area contributed by atoms with Crippen LogP contribution >= 0.6 is 12.6 Å². The summed E-state index contributed by atoms with van der Waals surface area (Å²) in [6.07, 6.45) is 5.05. The Labute approximate surface area is 120 Å². The lowest BCUT2D eigenvalue weighted by Gasteiger charge is -2.39. The molecule has 0 saturated carbocycles. The highest BCUT2D eigenvalue weighted by molar-refractivity contribution is 7.80. The van der Waals surface area contributed by atoms with E-state index in [2.05, 4.69) is 45.2 Å². The molecule has 0 N–H and O–H groups in total. The van der Waals surface area contributed by atoms with Crippen LogP contribution < -0.4 is 0 Å². The second-order valence-corrected chi connectivity index (χ2v) is 5.84. The number of ether oxygens (including phenoxy) is 1. The summed E-state index contributed by atoms with van der Waals surface area (Å²) in [7, 11) is 1.79. The molecule has 0 spiro atoms. The molecule has 2 nitrogen and oxygen atoms in total. The predicted octanol–water partition coefficient (Wildman–Crippen LogP) is 3.86. The summed E-state index contributed by atoms with van der Waals surface area (Å²) in [6, 6.07) is 0.493. The van der Waals surface area contributed by atoms with Gasteiger partial charge in [-0.25, -0.2) is 0 Å². The lowest BCUT2D eigenvalue weighted by atomic mass is 9.80. The predicted molar refractivity (Wildman–Crippen MR) is 84.7 cm³/mol. The van der Waals surface area contributed by atoms with Gasteiger partial charge in [-0.15, -0.1) is 0 Å². The molecule has 0 aliphatic heterocycles. The fraction of sp³-hybridized carbons (Fsp3) is 1.00. The molecule has 0 bridgehead atoms. The van der Waals surface area contributed by atoms with Crippen LogP contribution in [-0.4, -0.2) is 43.5 Å². The van der Waals surface area contributed by atoms with Crippen LogP contribution in [0.3, 0.4) is 0 Å². The van der Waals surface area contributed by atoms with Crippen molar-refractivity contribution in [2.24, 2.45) is 5.41 Å². The zero-order valence-electron chi connectivity index (χ0n) is 13.0. The highest BCUT2D eigenvalue weighted by Crippen LogP contribution is 2.33. The first-order valence-corrected chi connectivity index (χ1v) is 8.06. The van der Waals surface area contributed by atoms with E-state index in [0.717, 1.165) is 25.4 Å². The molecule has 0 aliphatic carbocycles. The monoisotopic (exact) mass is 275 g/mol. The van der Waals surface area contributed by atoms with E-state index in [1.54, 1.807) is 7.11 Å². The molecule has 0 aromatic carbocycles. The second-order valence-electron chi connectivity index (χ2n) is 5.53. The molecular weight excluding hydrogens is 242 g/mol. The Morgan fingerprint density at radius 1 is 1.17 bits per heavy atom. The number of methoxy groups -OCH3 is 1. The van der Waals surface area contributed by atoms with Crippen molar-refractivity contribution in [3.8, 4) is 0 Å². The largest absolute Gasteiger partial charge is 0.383 e. The van der Waals surface area contributed by atoms with Crippen molar-refractivity contribution in [2.75, 3.05) is 32.6 Å². The van der Waals surface area contributed by atoms with E-state index in [0.29, 0.717) is 11.5 Å². The van der Waals surface area contributed by atoms with E-state index in [9.17, 15) is 0 Å². The third kappa shape index (κ3) is 5.94. The van der Waals surface area contributed by atoms with Crippen LogP contribution in [0.2, 0.25) is 0 Å². The van der Waals surface area contributed by atoms with Gasteiger partial charge < -0.3 is 4.74 Å². The normalized spacial score (nSPS) is 14.2. The van der Waals surface area contributed by atoms with E-state index in [4.69, 9.17) is 4.74 Å². The Morgan fingerprint density at radius 3 is 2.06 bits per heavy atom. The van der Waals surface area contributed by atoms with Crippen LogP contribution in [0.25, 0.3) is 0 Å². The summed E-state index contributed by atoms with van der Waals surface area (Å²) >= 11 is 4.65. The van der Waals surface area contributed by atoms with Gasteiger partial charge in [0.25, 0.3) is 0 Å². The lowest BCUT2D eigenvalue weighted by molar-refractivity contribution is 0.0659. The maximum atomic E-state index is 5.29. The van der Waals surface area contributed by atoms with Crippen molar-refractivity contribution in [3.05, 3.63) is 0 Å². The number of hydrogen-bond donors (Lipinski definition) is 1. The number of likely N-dealkylation sites (N-methyl/N-ethyl adjacent to an activating group) is 1. The maximum Gasteiger partial charge on any atom is 0.0615 e. The Morgan fingerprint density at radius 2 is 1.72 bits per heavy atom. The van der Waals surface area contributed by atoms with E-state index < -0.39 is 0 Å². The van der Waals surface area contributed by atoms with E-state index in [-0.39, 0.29) is 0 Å². The molecule has 110 valence electrons. The minimum absolute atomic E-state index is 0.380. The average Bonchev–Trinajstić information content (AvgIpc) is 2.36. The molecule has 1 unspecified atom stereocenters. The van der Waals surface area contributed by atoms with Crippen LogP contribution in [0.5, 0.6) is 0 Å². The fourth-order valence-corrected chi connectivity index (χ4v) is 3.32. The summed E-state index contributed by atoms with van der Waals surface area (Å²) in [4.78, 5) is 2.55. The van der Waals surface area contributed by atoms with Crippen molar-refractivity contribution in [2.45, 2.75) is 59.4 Å². The smallest absolute Gasteiger partial charge is 0.0615 e. The third-order valence-electron chi connectivity index (χ3n) is 3.87. The zero-order chi connectivity index (χ0) is 14.0. The molecule has 0 amide bonds. The van der Waals surface area contributed by atoms with Crippen LogP contribution in [0, 0.1) is 5.41 Å². The number of hydrogen-bond acceptors (Lipinski definition) is 3. The van der Waals surface area contributed by atoms with Crippen molar-refractivity contribution < 1.29 is 4.74 Å². The number of rotatable bonds is 11. The van der Waals surface area contributed by atoms with Gasteiger partial charge in [0.2, 0.25) is 0 Å². The molecule has 0 aliphatic rings. The molecule has 18 heavy (non-hydrogen) atoms. The van der Waals surface area contributed by atoms with Gasteiger partial charge in [-0.05, 0) is 37.5 Å². The standard InChI is InChI=1S/C15H33NOS/c1-6-9-15(13-18,10-7-2)12-16(8-3)14(4)11-17-5/h14,18H,6-13H2,1-5H3. The average molecular weight is 276 g/mol. The van der Waals surface area contributed by atoms with Crippen LogP contribution in [-0.2, 0) is 4.74 Å². The van der Waals surface area contributed by atoms with Gasteiger partial charge in [-0.3, -0.25) is 4.90 Å². The minimum Gasteiger partial charge on any atom is -0.383 e. The third-order valence-corrected chi connectivity index (χ3v) is 4.54. The van der Waals surface area contributed by atoms with Crippen molar-refractivity contribution in [1.29, 1.82) is 0 Å². The molecule has 0 aromatic rings. The van der Waals surface area contributed by atoms with Gasteiger partial charge in [0.1, 0.15) is 0 Å². The van der Waals surface area contributed by atoms with Gasteiger partial charge in [0, 0.05) is 19.7 Å². The summed E-state index contributed by atoms with van der Waals surface area (Å²) in [6.45, 7) is 12.1. The highest BCUT2D eigenvalue weighted by Gasteiger charge is 2.30. The van der Waals surface area contributed by atoms with E-state index in [1.807, 2.05) is 0 Å². The minimum atomic E-state index is 0.380. The van der Waals surface area contributed by atoms with Crippen LogP contribution in [0.15, 0.2) is 0 Å². The summed E-state index contributed by atoms with van der Waals surface area (Å²) < 4.78 is 5.29. The molecular formula is C15H33NOS. The first-order valence-electron chi connectivity index (χ1n) is 7.42. The first kappa shape index (κ1) is 18.3. The van der Waals surface area contributed by atoms with Crippen molar-refractivity contribution in [1.82, 2.24) is 4.90 Å². The van der Waals surface area contributed by atoms with Crippen molar-refractivity contribution >= 4 is 12.6 Å². The Balaban J connectivity index is 4.68. The highest BCUT2D eigenvalue weighted by atomic mass is 32.1. The molecule has 0 rings (SSSR count).